The normalized spacial score (nSPS) is 11.2. The van der Waals surface area contributed by atoms with Crippen molar-refractivity contribution in [2.45, 2.75) is 6.92 Å². The number of hydrogen-bond donors (Lipinski definition) is 1. The summed E-state index contributed by atoms with van der Waals surface area (Å²) in [6.07, 6.45) is 1.49. The van der Waals surface area contributed by atoms with Gasteiger partial charge in [-0.3, -0.25) is 4.79 Å². The molecule has 0 atom stereocenters. The third kappa shape index (κ3) is 3.49. The molecule has 0 unspecified atom stereocenters. The zero-order chi connectivity index (χ0) is 18.7. The molecule has 3 rings (SSSR count). The number of hydrogen-bond acceptors (Lipinski definition) is 5. The van der Waals surface area contributed by atoms with Crippen molar-refractivity contribution in [3.8, 4) is 11.5 Å². The fourth-order valence-corrected chi connectivity index (χ4v) is 2.99. The van der Waals surface area contributed by atoms with E-state index >= 15 is 0 Å². The van der Waals surface area contributed by atoms with Gasteiger partial charge in [0.05, 0.1) is 35.9 Å². The van der Waals surface area contributed by atoms with Crippen LogP contribution in [0.2, 0.25) is 5.02 Å². The lowest BCUT2D eigenvalue weighted by atomic mass is 10.2. The molecule has 0 bridgehead atoms. The van der Waals surface area contributed by atoms with Crippen molar-refractivity contribution in [1.82, 2.24) is 9.66 Å². The molecule has 0 aliphatic carbocycles. The van der Waals surface area contributed by atoms with Gasteiger partial charge in [0.2, 0.25) is 4.77 Å². The fraction of sp³-hybridized carbons (Fsp3) is 0.167. The Balaban J connectivity index is 2.06. The largest absolute Gasteiger partial charge is 0.493 e. The Bertz CT molecular complexity index is 1110. The van der Waals surface area contributed by atoms with Crippen LogP contribution in [0.5, 0.6) is 11.5 Å². The summed E-state index contributed by atoms with van der Waals surface area (Å²) in [5.74, 6) is 0.950. The lowest BCUT2D eigenvalue weighted by Gasteiger charge is -2.11. The van der Waals surface area contributed by atoms with Crippen molar-refractivity contribution >= 4 is 40.9 Å². The summed E-state index contributed by atoms with van der Waals surface area (Å²) in [5, 5.41) is 5.10. The monoisotopic (exact) mass is 389 g/mol. The Morgan fingerprint density at radius 1 is 1.35 bits per heavy atom. The van der Waals surface area contributed by atoms with Crippen LogP contribution >= 0.6 is 23.8 Å². The summed E-state index contributed by atoms with van der Waals surface area (Å²) >= 11 is 11.5. The Morgan fingerprint density at radius 3 is 2.85 bits per heavy atom. The summed E-state index contributed by atoms with van der Waals surface area (Å²) in [4.78, 5) is 15.6. The fourth-order valence-electron chi connectivity index (χ4n) is 2.48. The standard InChI is InChI=1S/C18H16ClN3O3S/c1-3-25-16-13(19)8-11(9-15(16)24-2)10-20-22-17(23)12-6-4-5-7-14(12)21-18(22)26/h4-10H,3H2,1-2H3,(H,21,26)/b20-10-. The Labute approximate surface area is 159 Å². The Hall–Kier alpha value is -2.64. The van der Waals surface area contributed by atoms with E-state index in [0.717, 1.165) is 4.68 Å². The maximum atomic E-state index is 12.6. The first kappa shape index (κ1) is 18.2. The van der Waals surface area contributed by atoms with Gasteiger partial charge < -0.3 is 14.5 Å². The second kappa shape index (κ2) is 7.72. The summed E-state index contributed by atoms with van der Waals surface area (Å²) in [6, 6.07) is 10.5. The van der Waals surface area contributed by atoms with E-state index in [9.17, 15) is 4.79 Å². The highest BCUT2D eigenvalue weighted by atomic mass is 35.5. The van der Waals surface area contributed by atoms with Crippen LogP contribution < -0.4 is 15.0 Å². The van der Waals surface area contributed by atoms with Gasteiger partial charge in [-0.25, -0.2) is 0 Å². The maximum absolute atomic E-state index is 12.6. The molecule has 0 fully saturated rings. The van der Waals surface area contributed by atoms with Gasteiger partial charge >= 0.3 is 0 Å². The van der Waals surface area contributed by atoms with E-state index in [1.54, 1.807) is 30.3 Å². The number of aromatic nitrogens is 2. The average Bonchev–Trinajstić information content (AvgIpc) is 2.63. The van der Waals surface area contributed by atoms with Crippen molar-refractivity contribution in [1.29, 1.82) is 0 Å². The third-order valence-corrected chi connectivity index (χ3v) is 4.20. The molecule has 0 amide bonds. The van der Waals surface area contributed by atoms with E-state index in [1.165, 1.54) is 13.3 Å². The number of H-pyrrole nitrogens is 1. The molecule has 0 radical (unpaired) electrons. The van der Waals surface area contributed by atoms with Gasteiger partial charge in [-0.15, -0.1) is 0 Å². The van der Waals surface area contributed by atoms with Crippen molar-refractivity contribution in [3.63, 3.8) is 0 Å². The summed E-state index contributed by atoms with van der Waals surface area (Å²) in [5.41, 5.74) is 1.01. The Morgan fingerprint density at radius 2 is 2.12 bits per heavy atom. The number of rotatable bonds is 5. The number of nitrogens with zero attached hydrogens (tertiary/aromatic N) is 2. The molecule has 0 saturated carbocycles. The van der Waals surface area contributed by atoms with Crippen LogP contribution in [0.1, 0.15) is 12.5 Å². The lowest BCUT2D eigenvalue weighted by Crippen LogP contribution is -2.18. The van der Waals surface area contributed by atoms with Crippen LogP contribution in [0.25, 0.3) is 10.9 Å². The minimum absolute atomic E-state index is 0.203. The van der Waals surface area contributed by atoms with Crippen molar-refractivity contribution in [2.75, 3.05) is 13.7 Å². The van der Waals surface area contributed by atoms with Crippen LogP contribution in [0.3, 0.4) is 0 Å². The smallest absolute Gasteiger partial charge is 0.282 e. The van der Waals surface area contributed by atoms with Gasteiger partial charge in [-0.05, 0) is 49.0 Å². The second-order valence-electron chi connectivity index (χ2n) is 5.30. The number of benzene rings is 2. The molecule has 134 valence electrons. The van der Waals surface area contributed by atoms with Crippen LogP contribution in [-0.2, 0) is 0 Å². The van der Waals surface area contributed by atoms with Gasteiger partial charge in [-0.1, -0.05) is 23.7 Å². The minimum atomic E-state index is -0.301. The van der Waals surface area contributed by atoms with Crippen LogP contribution in [0.4, 0.5) is 0 Å². The van der Waals surface area contributed by atoms with E-state index in [0.29, 0.717) is 39.6 Å². The number of nitrogens with one attached hydrogen (secondary N) is 1. The number of aromatic amines is 1. The minimum Gasteiger partial charge on any atom is -0.493 e. The highest BCUT2D eigenvalue weighted by molar-refractivity contribution is 7.71. The van der Waals surface area contributed by atoms with Gasteiger partial charge in [0.15, 0.2) is 11.5 Å². The molecule has 1 heterocycles. The first-order chi connectivity index (χ1) is 12.5. The van der Waals surface area contributed by atoms with E-state index in [2.05, 4.69) is 10.1 Å². The SMILES string of the molecule is CCOc1c(Cl)cc(/C=N\n2c(=S)[nH]c3ccccc3c2=O)cc1OC. The summed E-state index contributed by atoms with van der Waals surface area (Å²) in [7, 11) is 1.53. The molecule has 2 aromatic carbocycles. The number of para-hydroxylation sites is 1. The quantitative estimate of drug-likeness (QED) is 0.529. The molecule has 1 aromatic heterocycles. The van der Waals surface area contributed by atoms with Crippen LogP contribution in [-0.4, -0.2) is 29.6 Å². The molecule has 0 aliphatic heterocycles. The highest BCUT2D eigenvalue weighted by Gasteiger charge is 2.11. The van der Waals surface area contributed by atoms with E-state index in [1.807, 2.05) is 13.0 Å². The van der Waals surface area contributed by atoms with Crippen LogP contribution in [0.15, 0.2) is 46.3 Å². The van der Waals surface area contributed by atoms with Gasteiger partial charge in [-0.2, -0.15) is 9.78 Å². The summed E-state index contributed by atoms with van der Waals surface area (Å²) < 4.78 is 12.1. The second-order valence-corrected chi connectivity index (χ2v) is 6.10. The van der Waals surface area contributed by atoms with Crippen molar-refractivity contribution < 1.29 is 9.47 Å². The predicted molar refractivity (Wildman–Crippen MR) is 106 cm³/mol. The van der Waals surface area contributed by atoms with Crippen LogP contribution in [0, 0.1) is 4.77 Å². The molecule has 0 spiro atoms. The number of halogens is 1. The lowest BCUT2D eigenvalue weighted by molar-refractivity contribution is 0.311. The molecular weight excluding hydrogens is 374 g/mol. The summed E-state index contributed by atoms with van der Waals surface area (Å²) in [6.45, 7) is 2.32. The molecule has 1 N–H and O–H groups in total. The van der Waals surface area contributed by atoms with E-state index in [4.69, 9.17) is 33.3 Å². The molecular formula is C18H16ClN3O3S. The molecule has 3 aromatic rings. The van der Waals surface area contributed by atoms with E-state index < -0.39 is 0 Å². The number of fused-ring (bicyclic) bond motifs is 1. The molecule has 0 saturated heterocycles. The first-order valence-corrected chi connectivity index (χ1v) is 8.62. The van der Waals surface area contributed by atoms with Gasteiger partial charge in [0.1, 0.15) is 0 Å². The van der Waals surface area contributed by atoms with Crippen molar-refractivity contribution in [2.24, 2.45) is 5.10 Å². The van der Waals surface area contributed by atoms with Gasteiger partial charge in [0.25, 0.3) is 5.56 Å². The topological polar surface area (TPSA) is 68.6 Å². The number of methoxy groups -OCH3 is 1. The molecule has 26 heavy (non-hydrogen) atoms. The van der Waals surface area contributed by atoms with Gasteiger partial charge in [0, 0.05) is 0 Å². The highest BCUT2D eigenvalue weighted by Crippen LogP contribution is 2.35. The predicted octanol–water partition coefficient (Wildman–Crippen LogP) is 4.00. The molecule has 0 aliphatic rings. The zero-order valence-electron chi connectivity index (χ0n) is 14.2. The Kier molecular flexibility index (Phi) is 5.39. The molecule has 8 heteroatoms. The third-order valence-electron chi connectivity index (χ3n) is 3.65. The average molecular weight is 390 g/mol. The zero-order valence-corrected chi connectivity index (χ0v) is 15.7. The van der Waals surface area contributed by atoms with E-state index in [-0.39, 0.29) is 10.3 Å². The maximum Gasteiger partial charge on any atom is 0.282 e. The number of ether oxygens (including phenoxy) is 2. The van der Waals surface area contributed by atoms with Crippen molar-refractivity contribution in [3.05, 3.63) is 62.1 Å². The molecule has 6 nitrogen and oxygen atoms in total. The first-order valence-electron chi connectivity index (χ1n) is 7.84.